The first-order valence-electron chi connectivity index (χ1n) is 8.82. The number of hydrogen-bond acceptors (Lipinski definition) is 5. The number of nitrogens with one attached hydrogen (secondary N) is 1. The summed E-state index contributed by atoms with van der Waals surface area (Å²) in [7, 11) is 0. The lowest BCUT2D eigenvalue weighted by Gasteiger charge is -2.15. The number of rotatable bonds is 5. The number of H-pyrrole nitrogens is 1. The van der Waals surface area contributed by atoms with E-state index in [9.17, 15) is 14.9 Å². The van der Waals surface area contributed by atoms with Crippen molar-refractivity contribution in [1.82, 2.24) is 4.98 Å². The van der Waals surface area contributed by atoms with E-state index < -0.39 is 11.5 Å². The second-order valence-corrected chi connectivity index (χ2v) is 7.01. The van der Waals surface area contributed by atoms with Crippen molar-refractivity contribution in [1.29, 1.82) is 5.26 Å². The Hall–Kier alpha value is -3.37. The van der Waals surface area contributed by atoms with Crippen LogP contribution in [0.1, 0.15) is 28.5 Å². The number of aromatic amines is 1. The van der Waals surface area contributed by atoms with Crippen molar-refractivity contribution in [2.45, 2.75) is 13.8 Å². The molecular formula is C22H17BrN2O4. The maximum absolute atomic E-state index is 12.5. The number of halogens is 1. The number of nitriles is 1. The standard InChI is InChI=1S/C22H17BrN2O4/c1-3-28-19-11-15(16-9-13(2)25-21(26)17(16)12-24)10-18(23)20(19)29-22(27)14-7-5-4-6-8-14/h4-11H,3H2,1-2H3,(H,25,26). The lowest BCUT2D eigenvalue weighted by Crippen LogP contribution is -2.13. The molecule has 1 heterocycles. The van der Waals surface area contributed by atoms with Crippen molar-refractivity contribution in [3.63, 3.8) is 0 Å². The molecule has 0 aliphatic carbocycles. The highest BCUT2D eigenvalue weighted by Crippen LogP contribution is 2.40. The molecule has 0 radical (unpaired) electrons. The molecule has 1 N–H and O–H groups in total. The van der Waals surface area contributed by atoms with Crippen molar-refractivity contribution >= 4 is 21.9 Å². The van der Waals surface area contributed by atoms with Gasteiger partial charge < -0.3 is 14.5 Å². The molecule has 1 aromatic heterocycles. The Labute approximate surface area is 175 Å². The highest BCUT2D eigenvalue weighted by molar-refractivity contribution is 9.10. The molecule has 0 saturated carbocycles. The van der Waals surface area contributed by atoms with Crippen LogP contribution in [0, 0.1) is 18.3 Å². The topological polar surface area (TPSA) is 92.2 Å². The van der Waals surface area contributed by atoms with Gasteiger partial charge in [-0.2, -0.15) is 5.26 Å². The van der Waals surface area contributed by atoms with Crippen molar-refractivity contribution in [3.05, 3.63) is 80.2 Å². The van der Waals surface area contributed by atoms with Crippen molar-refractivity contribution in [2.24, 2.45) is 0 Å². The Morgan fingerprint density at radius 1 is 1.21 bits per heavy atom. The second-order valence-electron chi connectivity index (χ2n) is 6.16. The molecule has 0 fully saturated rings. The molecule has 0 atom stereocenters. The predicted molar refractivity (Wildman–Crippen MR) is 112 cm³/mol. The molecule has 6 nitrogen and oxygen atoms in total. The number of esters is 1. The third-order valence-corrected chi connectivity index (χ3v) is 4.69. The smallest absolute Gasteiger partial charge is 0.343 e. The number of pyridine rings is 1. The number of hydrogen-bond donors (Lipinski definition) is 1. The fourth-order valence-corrected chi connectivity index (χ4v) is 3.36. The molecule has 29 heavy (non-hydrogen) atoms. The normalized spacial score (nSPS) is 10.3. The van der Waals surface area contributed by atoms with Crippen molar-refractivity contribution in [3.8, 4) is 28.7 Å². The molecule has 3 rings (SSSR count). The highest BCUT2D eigenvalue weighted by Gasteiger charge is 2.19. The number of carbonyl (C=O) groups is 1. The summed E-state index contributed by atoms with van der Waals surface area (Å²) in [4.78, 5) is 27.2. The summed E-state index contributed by atoms with van der Waals surface area (Å²) in [6, 6.07) is 15.6. The maximum Gasteiger partial charge on any atom is 0.343 e. The van der Waals surface area contributed by atoms with Crippen LogP contribution in [-0.4, -0.2) is 17.6 Å². The summed E-state index contributed by atoms with van der Waals surface area (Å²) in [5.74, 6) is 0.0252. The number of aryl methyl sites for hydroxylation is 1. The van der Waals surface area contributed by atoms with Crippen LogP contribution in [0.4, 0.5) is 0 Å². The molecule has 0 aliphatic rings. The van der Waals surface area contributed by atoms with Gasteiger partial charge in [-0.05, 0) is 65.7 Å². The van der Waals surface area contributed by atoms with E-state index in [0.717, 1.165) is 0 Å². The largest absolute Gasteiger partial charge is 0.490 e. The summed E-state index contributed by atoms with van der Waals surface area (Å²) in [5, 5.41) is 9.41. The van der Waals surface area contributed by atoms with E-state index in [2.05, 4.69) is 20.9 Å². The summed E-state index contributed by atoms with van der Waals surface area (Å²) in [5.41, 5.74) is 1.62. The zero-order valence-electron chi connectivity index (χ0n) is 15.8. The van der Waals surface area contributed by atoms with E-state index in [-0.39, 0.29) is 11.3 Å². The SMILES string of the molecule is CCOc1cc(-c2cc(C)[nH]c(=O)c2C#N)cc(Br)c1OC(=O)c1ccccc1. The summed E-state index contributed by atoms with van der Waals surface area (Å²) in [6.07, 6.45) is 0. The average molecular weight is 453 g/mol. The van der Waals surface area contributed by atoms with Gasteiger partial charge in [0.2, 0.25) is 0 Å². The predicted octanol–water partition coefficient (Wildman–Crippen LogP) is 4.60. The third kappa shape index (κ3) is 4.39. The summed E-state index contributed by atoms with van der Waals surface area (Å²) in [6.45, 7) is 3.88. The van der Waals surface area contributed by atoms with Crippen LogP contribution in [0.15, 0.2) is 57.8 Å². The lowest BCUT2D eigenvalue weighted by atomic mass is 10.0. The van der Waals surface area contributed by atoms with Crippen LogP contribution in [-0.2, 0) is 0 Å². The van der Waals surface area contributed by atoms with E-state index in [0.29, 0.717) is 39.2 Å². The van der Waals surface area contributed by atoms with E-state index >= 15 is 0 Å². The van der Waals surface area contributed by atoms with Crippen LogP contribution >= 0.6 is 15.9 Å². The van der Waals surface area contributed by atoms with Gasteiger partial charge >= 0.3 is 5.97 Å². The molecule has 146 valence electrons. The van der Waals surface area contributed by atoms with Gasteiger partial charge in [-0.15, -0.1) is 0 Å². The van der Waals surface area contributed by atoms with Gasteiger partial charge in [-0.3, -0.25) is 4.79 Å². The van der Waals surface area contributed by atoms with E-state index in [1.54, 1.807) is 49.4 Å². The number of ether oxygens (including phenoxy) is 2. The van der Waals surface area contributed by atoms with Gasteiger partial charge in [0.15, 0.2) is 11.5 Å². The van der Waals surface area contributed by atoms with E-state index in [4.69, 9.17) is 9.47 Å². The molecular weight excluding hydrogens is 436 g/mol. The summed E-state index contributed by atoms with van der Waals surface area (Å²) >= 11 is 3.42. The van der Waals surface area contributed by atoms with Crippen LogP contribution in [0.25, 0.3) is 11.1 Å². The fourth-order valence-electron chi connectivity index (χ4n) is 2.84. The van der Waals surface area contributed by atoms with Gasteiger partial charge in [0.25, 0.3) is 5.56 Å². The van der Waals surface area contributed by atoms with Gasteiger partial charge in [-0.25, -0.2) is 4.79 Å². The zero-order valence-corrected chi connectivity index (χ0v) is 17.4. The van der Waals surface area contributed by atoms with Gasteiger partial charge in [-0.1, -0.05) is 18.2 Å². The Bertz CT molecular complexity index is 1160. The maximum atomic E-state index is 12.5. The third-order valence-electron chi connectivity index (χ3n) is 4.10. The van der Waals surface area contributed by atoms with Gasteiger partial charge in [0.1, 0.15) is 11.6 Å². The minimum atomic E-state index is -0.523. The minimum Gasteiger partial charge on any atom is -0.490 e. The highest BCUT2D eigenvalue weighted by atomic mass is 79.9. The lowest BCUT2D eigenvalue weighted by molar-refractivity contribution is 0.0727. The quantitative estimate of drug-likeness (QED) is 0.450. The Morgan fingerprint density at radius 3 is 2.59 bits per heavy atom. The molecule has 0 saturated heterocycles. The molecule has 3 aromatic rings. The Morgan fingerprint density at radius 2 is 1.93 bits per heavy atom. The number of benzene rings is 2. The molecule has 0 aliphatic heterocycles. The number of aromatic nitrogens is 1. The Balaban J connectivity index is 2.10. The van der Waals surface area contributed by atoms with Crippen LogP contribution in [0.2, 0.25) is 0 Å². The Kier molecular flexibility index (Phi) is 6.15. The molecule has 0 spiro atoms. The summed E-state index contributed by atoms with van der Waals surface area (Å²) < 4.78 is 11.7. The first-order chi connectivity index (χ1) is 13.9. The molecule has 0 amide bonds. The monoisotopic (exact) mass is 452 g/mol. The van der Waals surface area contributed by atoms with Crippen LogP contribution < -0.4 is 15.0 Å². The second kappa shape index (κ2) is 8.76. The van der Waals surface area contributed by atoms with Crippen LogP contribution in [0.3, 0.4) is 0 Å². The first kappa shape index (κ1) is 20.4. The van der Waals surface area contributed by atoms with Gasteiger partial charge in [0, 0.05) is 11.3 Å². The molecule has 0 unspecified atom stereocenters. The number of nitrogens with zero attached hydrogens (tertiary/aromatic N) is 1. The van der Waals surface area contributed by atoms with Crippen molar-refractivity contribution in [2.75, 3.05) is 6.61 Å². The van der Waals surface area contributed by atoms with Crippen molar-refractivity contribution < 1.29 is 14.3 Å². The van der Waals surface area contributed by atoms with Gasteiger partial charge in [0.05, 0.1) is 16.6 Å². The first-order valence-corrected chi connectivity index (χ1v) is 9.61. The minimum absolute atomic E-state index is 0.000946. The number of carbonyl (C=O) groups excluding carboxylic acids is 1. The van der Waals surface area contributed by atoms with Crippen LogP contribution in [0.5, 0.6) is 11.5 Å². The molecule has 0 bridgehead atoms. The molecule has 2 aromatic carbocycles. The zero-order chi connectivity index (χ0) is 21.0. The average Bonchev–Trinajstić information content (AvgIpc) is 2.70. The fraction of sp³-hybridized carbons (Fsp3) is 0.136. The van der Waals surface area contributed by atoms with E-state index in [1.807, 2.05) is 19.1 Å². The molecule has 7 heteroatoms. The van der Waals surface area contributed by atoms with E-state index in [1.165, 1.54) is 0 Å².